The van der Waals surface area contributed by atoms with Gasteiger partial charge >= 0.3 is 0 Å². The third-order valence-electron chi connectivity index (χ3n) is 13.2. The van der Waals surface area contributed by atoms with E-state index in [-0.39, 0.29) is 42.1 Å². The first kappa shape index (κ1) is 44.8. The molecule has 4 aromatic carbocycles. The first-order valence-corrected chi connectivity index (χ1v) is 22.0. The summed E-state index contributed by atoms with van der Waals surface area (Å²) < 4.78 is 0. The van der Waals surface area contributed by atoms with E-state index >= 15 is 0 Å². The van der Waals surface area contributed by atoms with Crippen LogP contribution in [0.2, 0.25) is 0 Å². The van der Waals surface area contributed by atoms with E-state index in [9.17, 15) is 0 Å². The summed E-state index contributed by atoms with van der Waals surface area (Å²) in [7, 11) is 3.93. The molecule has 16 heteroatoms. The van der Waals surface area contributed by atoms with Crippen LogP contribution in [0.4, 0.5) is 34.6 Å². The number of nitrogens with zero attached hydrogens (tertiary/aromatic N) is 14. The van der Waals surface area contributed by atoms with Gasteiger partial charge in [0.1, 0.15) is 23.3 Å². The minimum atomic E-state index is -0.726. The Bertz CT molecular complexity index is 3210. The quantitative estimate of drug-likeness (QED) is 0.148. The van der Waals surface area contributed by atoms with Gasteiger partial charge in [-0.3, -0.25) is 9.97 Å². The summed E-state index contributed by atoms with van der Waals surface area (Å²) in [6.07, 6.45) is 14.0. The zero-order valence-electron chi connectivity index (χ0n) is 37.2. The van der Waals surface area contributed by atoms with Gasteiger partial charge in [-0.15, -0.1) is 35.8 Å². The van der Waals surface area contributed by atoms with Crippen LogP contribution in [0.5, 0.6) is 0 Å². The minimum absolute atomic E-state index is 0. The molecule has 10 aromatic rings. The molecule has 70 heavy (non-hydrogen) atoms. The van der Waals surface area contributed by atoms with Crippen molar-refractivity contribution in [1.82, 2.24) is 50.3 Å². The van der Waals surface area contributed by atoms with Crippen molar-refractivity contribution >= 4 is 34.6 Å². The normalized spacial score (nSPS) is 17.5. The third-order valence-corrected chi connectivity index (χ3v) is 13.2. The molecular formula is C54H36N14Pt2-6. The summed E-state index contributed by atoms with van der Waals surface area (Å²) in [4.78, 5) is 35.8. The topological polar surface area (TPSA) is 144 Å². The Morgan fingerprint density at radius 1 is 0.429 bits per heavy atom. The van der Waals surface area contributed by atoms with E-state index in [1.807, 2.05) is 108 Å². The summed E-state index contributed by atoms with van der Waals surface area (Å²) in [5, 5.41) is 17.5. The molecule has 0 spiro atoms. The smallest absolute Gasteiger partial charge is 0.143 e. The fraction of sp³-hybridized carbons (Fsp3) is 0.0741. The predicted molar refractivity (Wildman–Crippen MR) is 257 cm³/mol. The number of hydrogen-bond donors (Lipinski definition) is 0. The Labute approximate surface area is 432 Å². The first-order chi connectivity index (χ1) is 33.6. The van der Waals surface area contributed by atoms with Gasteiger partial charge in [0, 0.05) is 102 Å². The summed E-state index contributed by atoms with van der Waals surface area (Å²) >= 11 is 0. The van der Waals surface area contributed by atoms with Crippen molar-refractivity contribution in [2.75, 3.05) is 33.7 Å². The summed E-state index contributed by atoms with van der Waals surface area (Å²) in [6.45, 7) is 3.95. The van der Waals surface area contributed by atoms with Crippen LogP contribution < -0.4 is 29.8 Å². The van der Waals surface area contributed by atoms with E-state index in [0.717, 1.165) is 102 Å². The molecule has 14 rings (SSSR count). The van der Waals surface area contributed by atoms with E-state index in [1.165, 1.54) is 0 Å². The van der Waals surface area contributed by atoms with Gasteiger partial charge in [-0.1, -0.05) is 72.8 Å². The zero-order valence-corrected chi connectivity index (χ0v) is 41.8. The number of anilines is 6. The van der Waals surface area contributed by atoms with E-state index in [4.69, 9.17) is 9.97 Å². The van der Waals surface area contributed by atoms with Crippen molar-refractivity contribution in [1.29, 1.82) is 0 Å². The van der Waals surface area contributed by atoms with Gasteiger partial charge < -0.3 is 40.0 Å². The number of rotatable bonds is 6. The van der Waals surface area contributed by atoms with Crippen molar-refractivity contribution in [2.24, 2.45) is 0 Å². The number of pyridine rings is 2. The second-order valence-corrected chi connectivity index (χ2v) is 16.7. The molecule has 4 aliphatic rings. The van der Waals surface area contributed by atoms with Gasteiger partial charge in [0.25, 0.3) is 0 Å². The van der Waals surface area contributed by atoms with Crippen LogP contribution in [0.3, 0.4) is 0 Å². The number of hydrogen-bond acceptors (Lipinski definition) is 12. The molecule has 348 valence electrons. The monoisotopic (exact) mass is 1270 g/mol. The van der Waals surface area contributed by atoms with Crippen LogP contribution in [0.15, 0.2) is 171 Å². The third kappa shape index (κ3) is 6.53. The van der Waals surface area contributed by atoms with Crippen molar-refractivity contribution in [3.8, 4) is 22.3 Å². The van der Waals surface area contributed by atoms with Gasteiger partial charge in [-0.25, -0.2) is 19.9 Å². The fourth-order valence-corrected chi connectivity index (χ4v) is 10.4. The molecule has 0 bridgehead atoms. The molecule has 2 atom stereocenters. The standard InChI is InChI=1S/2C27H18N7.2Pt/c2*1-33-17-34(26-25(33)29-14-15-30-26)19-7-4-6-18(16-19)27(23-11-13-31-32-23)22-10-3-2-8-20(22)21-9-5-12-28-24(21)27;;/h2*2-15,17H,1H3;;/q2*-3;;. The molecule has 2 unspecified atom stereocenters. The maximum atomic E-state index is 4.90. The van der Waals surface area contributed by atoms with Crippen LogP contribution in [0.25, 0.3) is 22.3 Å². The molecule has 0 saturated heterocycles. The molecule has 0 saturated carbocycles. The van der Waals surface area contributed by atoms with Gasteiger partial charge in [-0.2, -0.15) is 60.9 Å². The fourth-order valence-electron chi connectivity index (χ4n) is 10.4. The molecule has 0 N–H and O–H groups in total. The van der Waals surface area contributed by atoms with Crippen LogP contribution in [0.1, 0.15) is 45.0 Å². The molecular weight excluding hydrogens is 1230 g/mol. The summed E-state index contributed by atoms with van der Waals surface area (Å²) in [5.41, 5.74) is 12.5. The Balaban J connectivity index is 0.000000148. The van der Waals surface area contributed by atoms with Gasteiger partial charge in [0.15, 0.2) is 0 Å². The second kappa shape index (κ2) is 17.7. The van der Waals surface area contributed by atoms with E-state index in [2.05, 4.69) is 125 Å². The van der Waals surface area contributed by atoms with Crippen molar-refractivity contribution < 1.29 is 42.1 Å². The van der Waals surface area contributed by atoms with Crippen molar-refractivity contribution in [2.45, 2.75) is 10.8 Å². The van der Waals surface area contributed by atoms with Crippen LogP contribution in [-0.2, 0) is 53.0 Å². The van der Waals surface area contributed by atoms with E-state index < -0.39 is 10.8 Å². The molecule has 0 fully saturated rings. The predicted octanol–water partition coefficient (Wildman–Crippen LogP) is 8.18. The molecule has 0 amide bonds. The van der Waals surface area contributed by atoms with Gasteiger partial charge in [0.05, 0.1) is 22.2 Å². The maximum absolute atomic E-state index is 4.90. The first-order valence-electron chi connectivity index (χ1n) is 22.0. The Kier molecular flexibility index (Phi) is 11.3. The Morgan fingerprint density at radius 2 is 0.843 bits per heavy atom. The summed E-state index contributed by atoms with van der Waals surface area (Å²) in [5.74, 6) is 3.14. The van der Waals surface area contributed by atoms with Crippen molar-refractivity contribution in [3.63, 3.8) is 0 Å². The number of aromatic nitrogens is 10. The molecule has 2 aliphatic heterocycles. The summed E-state index contributed by atoms with van der Waals surface area (Å²) in [6, 6.07) is 48.7. The Morgan fingerprint density at radius 3 is 1.27 bits per heavy atom. The average molecular weight is 1270 g/mol. The van der Waals surface area contributed by atoms with E-state index in [0.29, 0.717) is 0 Å². The molecule has 6 aromatic heterocycles. The zero-order chi connectivity index (χ0) is 45.4. The van der Waals surface area contributed by atoms with Crippen LogP contribution in [0, 0.1) is 25.5 Å². The van der Waals surface area contributed by atoms with Gasteiger partial charge in [0.2, 0.25) is 0 Å². The minimum Gasteiger partial charge on any atom is -0.581 e. The van der Waals surface area contributed by atoms with Crippen molar-refractivity contribution in [3.05, 3.63) is 241 Å². The molecule has 2 aliphatic carbocycles. The van der Waals surface area contributed by atoms with Crippen LogP contribution >= 0.6 is 0 Å². The average Bonchev–Trinajstić information content (AvgIpc) is 4.28. The molecule has 8 heterocycles. The Hall–Kier alpha value is -7.66. The molecule has 0 radical (unpaired) electrons. The number of benzene rings is 4. The van der Waals surface area contributed by atoms with Gasteiger partial charge in [-0.05, 0) is 48.5 Å². The largest absolute Gasteiger partial charge is 0.581 e. The van der Waals surface area contributed by atoms with Crippen LogP contribution in [-0.4, -0.2) is 54.2 Å². The maximum Gasteiger partial charge on any atom is 0.143 e. The number of fused-ring (bicyclic) bond motifs is 8. The van der Waals surface area contributed by atoms with E-state index in [1.54, 1.807) is 37.2 Å². The molecule has 14 nitrogen and oxygen atoms in total. The second-order valence-electron chi connectivity index (χ2n) is 16.7. The SMILES string of the molecule is CN1[CH-]N(c2[c-]c(C3(c4cc[n-]n4)c4ccccc4-c4cccnc43)ccc2)c2nccnc21.CN1[CH-]N(c2[c-]c(C3(c4cc[n-]n4)c4ccccc4-c4cccnc43)ccc2)c2nccnc21.[Pt].[Pt].